The molecule has 72 heavy (non-hydrogen) atoms. The van der Waals surface area contributed by atoms with Gasteiger partial charge in [0.1, 0.15) is 10.7 Å². The highest BCUT2D eigenvalue weighted by Gasteiger charge is 2.48. The summed E-state index contributed by atoms with van der Waals surface area (Å²) in [7, 11) is -16.0. The van der Waals surface area contributed by atoms with Crippen LogP contribution in [0.3, 0.4) is 0 Å². The number of halogens is 5. The molecule has 15 nitrogen and oxygen atoms in total. The van der Waals surface area contributed by atoms with Crippen molar-refractivity contribution in [1.29, 1.82) is 0 Å². The molecule has 0 radical (unpaired) electrons. The van der Waals surface area contributed by atoms with Gasteiger partial charge in [-0.2, -0.15) is 17.8 Å². The molecule has 1 atom stereocenters. The summed E-state index contributed by atoms with van der Waals surface area (Å²) >= 11 is 7.75. The van der Waals surface area contributed by atoms with Gasteiger partial charge in [0.25, 0.3) is 19.9 Å². The van der Waals surface area contributed by atoms with E-state index in [2.05, 4.69) is 9.35 Å². The maximum atomic E-state index is 15.6. The quantitative estimate of drug-likeness (QED) is 0.0185. The van der Waals surface area contributed by atoms with Crippen LogP contribution >= 0.6 is 31.2 Å². The second kappa shape index (κ2) is 22.3. The van der Waals surface area contributed by atoms with Gasteiger partial charge in [-0.25, -0.2) is 30.6 Å². The van der Waals surface area contributed by atoms with Crippen molar-refractivity contribution < 1.29 is 62.9 Å². The lowest BCUT2D eigenvalue weighted by molar-refractivity contribution is -0.0436. The van der Waals surface area contributed by atoms with E-state index in [0.717, 1.165) is 11.0 Å². The number of hydrogen-bond donors (Lipinski definition) is 4. The molecule has 5 aromatic carbocycles. The molecule has 7 rings (SSSR count). The van der Waals surface area contributed by atoms with E-state index in [1.165, 1.54) is 24.3 Å². The lowest BCUT2D eigenvalue weighted by atomic mass is 9.96. The van der Waals surface area contributed by atoms with Crippen LogP contribution < -0.4 is 20.0 Å². The van der Waals surface area contributed by atoms with Gasteiger partial charge in [-0.05, 0) is 135 Å². The lowest BCUT2D eigenvalue weighted by Gasteiger charge is -2.37. The first-order valence-electron chi connectivity index (χ1n) is 22.2. The van der Waals surface area contributed by atoms with Gasteiger partial charge in [-0.3, -0.25) is 14.7 Å². The van der Waals surface area contributed by atoms with Crippen LogP contribution in [0.4, 0.5) is 40.3 Å². The summed E-state index contributed by atoms with van der Waals surface area (Å²) in [4.78, 5) is 25.5. The van der Waals surface area contributed by atoms with Crippen molar-refractivity contribution >= 4 is 79.8 Å². The van der Waals surface area contributed by atoms with Crippen LogP contribution in [0.15, 0.2) is 130 Å². The average molecular weight is 1090 g/mol. The molecule has 384 valence electrons. The zero-order valence-corrected chi connectivity index (χ0v) is 42.9. The van der Waals surface area contributed by atoms with Crippen LogP contribution in [0.25, 0.3) is 22.4 Å². The molecule has 0 bridgehead atoms. The molecule has 1 aliphatic rings. The molecule has 1 fully saturated rings. The number of nitrogens with zero attached hydrogens (tertiary/aromatic N) is 3. The number of phosphoric acid groups is 1. The number of nitrogens with one attached hydrogen (secondary N) is 2. The van der Waals surface area contributed by atoms with Gasteiger partial charge in [0, 0.05) is 70.5 Å². The Morgan fingerprint density at radius 3 is 2.10 bits per heavy atom. The van der Waals surface area contributed by atoms with E-state index in [4.69, 9.17) is 16.1 Å². The first kappa shape index (κ1) is 54.2. The maximum Gasteiger partial charge on any atom is 0.501 e. The molecule has 1 aliphatic heterocycles. The van der Waals surface area contributed by atoms with Crippen molar-refractivity contribution in [2.24, 2.45) is 0 Å². The highest BCUT2D eigenvalue weighted by molar-refractivity contribution is 7.99. The van der Waals surface area contributed by atoms with E-state index in [-0.39, 0.29) is 30.0 Å². The Morgan fingerprint density at radius 1 is 0.847 bits per heavy atom. The number of carbonyl (C=O) groups is 1. The van der Waals surface area contributed by atoms with E-state index in [9.17, 15) is 49.4 Å². The molecule has 24 heteroatoms. The standard InChI is InChI=1S/C48H49ClF4N5O10PS3/c1-31(2)58-32(3)44(47(59)60)45(46(58)33-11-13-35(49)14-12-33)34-27-36(50)29-39(28-34)57-23-21-56(22-24-57)38-17-15-37(16-18-38)55-72(65,66)41-19-20-42(43(30-41)71(63,64)48(51,52)53)54-68-69(61,62)67-25-7-8-26-70-40-9-5-4-6-10-40/h4-6,9-20,27-31,54-55H,7-8,21-26H2,1-3H3,(H,59,60)(H,61,62). The number of phosphoric ester groups is 1. The van der Waals surface area contributed by atoms with Crippen LogP contribution in [-0.2, 0) is 33.6 Å². The van der Waals surface area contributed by atoms with Crippen LogP contribution in [0.1, 0.15) is 48.8 Å². The summed E-state index contributed by atoms with van der Waals surface area (Å²) < 4.78 is 136. The van der Waals surface area contributed by atoms with Crippen molar-refractivity contribution in [3.8, 4) is 22.4 Å². The van der Waals surface area contributed by atoms with Crippen LogP contribution in [-0.4, -0.2) is 81.4 Å². The number of rotatable bonds is 20. The van der Waals surface area contributed by atoms with E-state index >= 15 is 4.39 Å². The number of aromatic nitrogens is 1. The highest BCUT2D eigenvalue weighted by Crippen LogP contribution is 2.46. The van der Waals surface area contributed by atoms with Gasteiger partial charge >= 0.3 is 19.3 Å². The zero-order chi connectivity index (χ0) is 52.2. The van der Waals surface area contributed by atoms with Crippen molar-refractivity contribution in [2.75, 3.05) is 58.5 Å². The topological polar surface area (TPSA) is 197 Å². The number of alkyl halides is 3. The Morgan fingerprint density at radius 2 is 1.49 bits per heavy atom. The van der Waals surface area contributed by atoms with Gasteiger partial charge in [-0.1, -0.05) is 41.9 Å². The van der Waals surface area contributed by atoms with Gasteiger partial charge < -0.3 is 24.4 Å². The second-order valence-corrected chi connectivity index (χ2v) is 23.3. The molecule has 6 aromatic rings. The normalized spacial score (nSPS) is 14.4. The summed E-state index contributed by atoms with van der Waals surface area (Å²) in [6.07, 6.45) is 0.877. The third kappa shape index (κ3) is 12.6. The largest absolute Gasteiger partial charge is 0.501 e. The molecule has 0 amide bonds. The van der Waals surface area contributed by atoms with Crippen molar-refractivity contribution in [2.45, 2.75) is 59.8 Å². The Hall–Kier alpha value is -5.58. The van der Waals surface area contributed by atoms with E-state index < -0.39 is 60.5 Å². The van der Waals surface area contributed by atoms with Crippen molar-refractivity contribution in [3.05, 3.63) is 137 Å². The smallest absolute Gasteiger partial charge is 0.478 e. The first-order valence-corrected chi connectivity index (χ1v) is 28.0. The molecule has 0 aliphatic carbocycles. The molecule has 1 saturated heterocycles. The van der Waals surface area contributed by atoms with E-state index in [1.54, 1.807) is 66.6 Å². The molecule has 4 N–H and O–H groups in total. The number of sulfone groups is 1. The molecule has 0 spiro atoms. The van der Waals surface area contributed by atoms with Gasteiger partial charge in [-0.15, -0.1) is 11.8 Å². The Labute approximate surface area is 423 Å². The number of anilines is 4. The highest BCUT2D eigenvalue weighted by atomic mass is 35.5. The molecule has 2 heterocycles. The fourth-order valence-electron chi connectivity index (χ4n) is 8.19. The maximum absolute atomic E-state index is 15.6. The zero-order valence-electron chi connectivity index (χ0n) is 38.8. The minimum absolute atomic E-state index is 0.0206. The van der Waals surface area contributed by atoms with Crippen LogP contribution in [0.2, 0.25) is 5.02 Å². The number of hydrogen-bond acceptors (Lipinski definition) is 12. The fraction of sp³-hybridized carbons (Fsp3) is 0.271. The first-order chi connectivity index (χ1) is 34.0. The minimum Gasteiger partial charge on any atom is -0.478 e. The molecule has 1 aromatic heterocycles. The van der Waals surface area contributed by atoms with Crippen molar-refractivity contribution in [1.82, 2.24) is 4.57 Å². The number of carboxylic acids is 1. The van der Waals surface area contributed by atoms with Crippen molar-refractivity contribution in [3.63, 3.8) is 0 Å². The summed E-state index contributed by atoms with van der Waals surface area (Å²) in [5.74, 6) is -1.07. The Kier molecular flexibility index (Phi) is 16.8. The summed E-state index contributed by atoms with van der Waals surface area (Å²) in [6, 6.07) is 28.4. The fourth-order valence-corrected chi connectivity index (χ4v) is 12.0. The molecule has 1 unspecified atom stereocenters. The predicted molar refractivity (Wildman–Crippen MR) is 271 cm³/mol. The minimum atomic E-state index is -6.26. The average Bonchev–Trinajstić information content (AvgIpc) is 3.65. The molecular weight excluding hydrogens is 1050 g/mol. The van der Waals surface area contributed by atoms with Gasteiger partial charge in [0.2, 0.25) is 0 Å². The Balaban J connectivity index is 1.01. The molecular formula is C48H49ClF4N5O10PS3. The number of unbranched alkanes of at least 4 members (excludes halogenated alkanes) is 1. The predicted octanol–water partition coefficient (Wildman–Crippen LogP) is 11.7. The number of aromatic carboxylic acids is 1. The van der Waals surface area contributed by atoms with E-state index in [1.807, 2.05) is 58.5 Å². The third-order valence-corrected chi connectivity index (χ3v) is 16.6. The molecule has 0 saturated carbocycles. The third-order valence-electron chi connectivity index (χ3n) is 11.5. The monoisotopic (exact) mass is 1090 g/mol. The second-order valence-electron chi connectivity index (χ2n) is 16.8. The SMILES string of the molecule is Cc1c(C(=O)O)c(-c2cc(F)cc(N3CCN(c4ccc(NS(=O)(=O)c5ccc(NOP(=O)(O)OCCCCSc6ccccc6)c(S(=O)(=O)C(F)(F)F)c5)cc4)CC3)c2)c(-c2ccc(Cl)cc2)n1C(C)C. The van der Waals surface area contributed by atoms with Crippen LogP contribution in [0, 0.1) is 12.7 Å². The number of benzene rings is 5. The van der Waals surface area contributed by atoms with Gasteiger partial charge in [0.15, 0.2) is 0 Å². The summed E-state index contributed by atoms with van der Waals surface area (Å²) in [6.45, 7) is 7.01. The van der Waals surface area contributed by atoms with E-state index in [0.29, 0.717) is 95.3 Å². The van der Waals surface area contributed by atoms with Crippen LogP contribution in [0.5, 0.6) is 0 Å². The number of carboxylic acid groups (broad SMARTS) is 1. The summed E-state index contributed by atoms with van der Waals surface area (Å²) in [5.41, 5.74) is -1.36. The van der Waals surface area contributed by atoms with Gasteiger partial charge in [0.05, 0.1) is 28.4 Å². The summed E-state index contributed by atoms with van der Waals surface area (Å²) in [5, 5.41) is 11.0. The number of sulfonamides is 1. The number of piperazine rings is 1. The number of thioether (sulfide) groups is 1. The Bertz CT molecular complexity index is 3200. The lowest BCUT2D eigenvalue weighted by Crippen LogP contribution is -2.46.